The number of anilines is 2. The number of rotatable bonds is 5. The Morgan fingerprint density at radius 3 is 2.95 bits per heavy atom. The molecule has 0 unspecified atom stereocenters. The van der Waals surface area contributed by atoms with Crippen molar-refractivity contribution < 1.29 is 9.90 Å². The molecule has 110 valence electrons. The quantitative estimate of drug-likeness (QED) is 0.741. The van der Waals surface area contributed by atoms with Gasteiger partial charge in [-0.1, -0.05) is 23.7 Å². The molecule has 0 saturated carbocycles. The van der Waals surface area contributed by atoms with E-state index in [1.165, 1.54) is 12.3 Å². The van der Waals surface area contributed by atoms with Crippen LogP contribution < -0.4 is 11.1 Å². The lowest BCUT2D eigenvalue weighted by atomic mass is 10.1. The predicted octanol–water partition coefficient (Wildman–Crippen LogP) is 2.49. The largest absolute Gasteiger partial charge is 0.397 e. The van der Waals surface area contributed by atoms with Gasteiger partial charge in [0.25, 0.3) is 5.91 Å². The number of aryl methyl sites for hydroxylation is 1. The Bertz CT molecular complexity index is 647. The van der Waals surface area contributed by atoms with Gasteiger partial charge in [-0.05, 0) is 36.6 Å². The number of halogens is 1. The average Bonchev–Trinajstić information content (AvgIpc) is 2.48. The SMILES string of the molecule is Nc1cnc(Cl)c(C(=O)Nc2cccc(CCCO)c2)c1. The van der Waals surface area contributed by atoms with E-state index in [4.69, 9.17) is 22.4 Å². The van der Waals surface area contributed by atoms with E-state index >= 15 is 0 Å². The minimum absolute atomic E-state index is 0.109. The van der Waals surface area contributed by atoms with E-state index in [-0.39, 0.29) is 23.2 Å². The van der Waals surface area contributed by atoms with Crippen LogP contribution in [0.3, 0.4) is 0 Å². The van der Waals surface area contributed by atoms with Crippen molar-refractivity contribution in [3.05, 3.63) is 52.8 Å². The first-order valence-corrected chi connectivity index (χ1v) is 6.90. The molecule has 0 aliphatic heterocycles. The van der Waals surface area contributed by atoms with Crippen molar-refractivity contribution >= 4 is 28.9 Å². The fourth-order valence-corrected chi connectivity index (χ4v) is 2.10. The van der Waals surface area contributed by atoms with Crippen LogP contribution >= 0.6 is 11.6 Å². The molecule has 1 heterocycles. The zero-order valence-electron chi connectivity index (χ0n) is 11.3. The second-order valence-corrected chi connectivity index (χ2v) is 4.95. The molecule has 0 fully saturated rings. The van der Waals surface area contributed by atoms with Crippen LogP contribution in [-0.4, -0.2) is 22.6 Å². The summed E-state index contributed by atoms with van der Waals surface area (Å²) >= 11 is 5.90. The maximum absolute atomic E-state index is 12.2. The lowest BCUT2D eigenvalue weighted by molar-refractivity contribution is 0.102. The molecule has 1 aromatic heterocycles. The van der Waals surface area contributed by atoms with Crippen LogP contribution in [0.5, 0.6) is 0 Å². The number of aliphatic hydroxyl groups excluding tert-OH is 1. The molecule has 0 atom stereocenters. The van der Waals surface area contributed by atoms with Crippen molar-refractivity contribution in [3.63, 3.8) is 0 Å². The van der Waals surface area contributed by atoms with Crippen LogP contribution in [0.4, 0.5) is 11.4 Å². The zero-order chi connectivity index (χ0) is 15.2. The molecule has 1 amide bonds. The summed E-state index contributed by atoms with van der Waals surface area (Å²) in [6.07, 6.45) is 2.83. The average molecular weight is 306 g/mol. The number of hydrogen-bond acceptors (Lipinski definition) is 4. The monoisotopic (exact) mass is 305 g/mol. The van der Waals surface area contributed by atoms with Crippen LogP contribution in [0.15, 0.2) is 36.5 Å². The molecule has 0 bridgehead atoms. The van der Waals surface area contributed by atoms with Gasteiger partial charge < -0.3 is 16.2 Å². The van der Waals surface area contributed by atoms with Crippen molar-refractivity contribution in [3.8, 4) is 0 Å². The number of nitrogens with two attached hydrogens (primary N) is 1. The van der Waals surface area contributed by atoms with Crippen molar-refractivity contribution in [2.24, 2.45) is 0 Å². The number of aliphatic hydroxyl groups is 1. The Morgan fingerprint density at radius 1 is 1.38 bits per heavy atom. The second-order valence-electron chi connectivity index (χ2n) is 4.59. The topological polar surface area (TPSA) is 88.2 Å². The maximum atomic E-state index is 12.2. The third-order valence-electron chi connectivity index (χ3n) is 2.91. The molecule has 4 N–H and O–H groups in total. The summed E-state index contributed by atoms with van der Waals surface area (Å²) in [5, 5.41) is 11.7. The van der Waals surface area contributed by atoms with Gasteiger partial charge in [-0.15, -0.1) is 0 Å². The van der Waals surface area contributed by atoms with Gasteiger partial charge in [0, 0.05) is 12.3 Å². The molecular weight excluding hydrogens is 290 g/mol. The summed E-state index contributed by atoms with van der Waals surface area (Å²) in [7, 11) is 0. The van der Waals surface area contributed by atoms with Gasteiger partial charge in [-0.25, -0.2) is 4.98 Å². The molecule has 0 spiro atoms. The molecule has 0 saturated heterocycles. The number of nitrogens with one attached hydrogen (secondary N) is 1. The highest BCUT2D eigenvalue weighted by molar-refractivity contribution is 6.33. The van der Waals surface area contributed by atoms with E-state index in [9.17, 15) is 4.79 Å². The normalized spacial score (nSPS) is 10.4. The summed E-state index contributed by atoms with van der Waals surface area (Å²) in [5.41, 5.74) is 7.92. The number of carbonyl (C=O) groups excluding carboxylic acids is 1. The van der Waals surface area contributed by atoms with E-state index in [0.717, 1.165) is 12.0 Å². The molecular formula is C15H16ClN3O2. The predicted molar refractivity (Wildman–Crippen MR) is 83.5 cm³/mol. The highest BCUT2D eigenvalue weighted by Crippen LogP contribution is 2.18. The number of pyridine rings is 1. The van der Waals surface area contributed by atoms with Gasteiger partial charge in [-0.3, -0.25) is 4.79 Å². The highest BCUT2D eigenvalue weighted by atomic mass is 35.5. The Morgan fingerprint density at radius 2 is 2.19 bits per heavy atom. The molecule has 0 aliphatic rings. The van der Waals surface area contributed by atoms with Crippen molar-refractivity contribution in [2.75, 3.05) is 17.7 Å². The first-order chi connectivity index (χ1) is 10.1. The van der Waals surface area contributed by atoms with Gasteiger partial charge in [-0.2, -0.15) is 0 Å². The lowest BCUT2D eigenvalue weighted by Gasteiger charge is -2.08. The second kappa shape index (κ2) is 7.06. The molecule has 2 rings (SSSR count). The number of hydrogen-bond donors (Lipinski definition) is 3. The van der Waals surface area contributed by atoms with E-state index in [1.54, 1.807) is 6.07 Å². The van der Waals surface area contributed by atoms with Crippen LogP contribution in [0, 0.1) is 0 Å². The summed E-state index contributed by atoms with van der Waals surface area (Å²) in [6.45, 7) is 0.140. The first-order valence-electron chi connectivity index (χ1n) is 6.52. The molecule has 0 radical (unpaired) electrons. The Balaban J connectivity index is 2.14. The van der Waals surface area contributed by atoms with Gasteiger partial charge in [0.05, 0.1) is 17.4 Å². The van der Waals surface area contributed by atoms with Crippen LogP contribution in [0.25, 0.3) is 0 Å². The molecule has 6 heteroatoms. The van der Waals surface area contributed by atoms with Crippen LogP contribution in [0.2, 0.25) is 5.15 Å². The minimum Gasteiger partial charge on any atom is -0.397 e. The summed E-state index contributed by atoms with van der Waals surface area (Å²) in [4.78, 5) is 16.0. The van der Waals surface area contributed by atoms with Gasteiger partial charge in [0.1, 0.15) is 5.15 Å². The summed E-state index contributed by atoms with van der Waals surface area (Å²) in [5.74, 6) is -0.362. The number of aromatic nitrogens is 1. The van der Waals surface area contributed by atoms with E-state index < -0.39 is 0 Å². The first kappa shape index (κ1) is 15.3. The zero-order valence-corrected chi connectivity index (χ0v) is 12.1. The molecule has 21 heavy (non-hydrogen) atoms. The summed E-state index contributed by atoms with van der Waals surface area (Å²) < 4.78 is 0. The van der Waals surface area contributed by atoms with Gasteiger partial charge in [0.2, 0.25) is 0 Å². The van der Waals surface area contributed by atoms with Crippen LogP contribution in [-0.2, 0) is 6.42 Å². The van der Waals surface area contributed by atoms with E-state index in [2.05, 4.69) is 10.3 Å². The third kappa shape index (κ3) is 4.18. The standard InChI is InChI=1S/C15H16ClN3O2/c16-14-13(8-11(17)9-18-14)15(21)19-12-5-1-3-10(7-12)4-2-6-20/h1,3,5,7-9,20H,2,4,6,17H2,(H,19,21). The highest BCUT2D eigenvalue weighted by Gasteiger charge is 2.12. The number of benzene rings is 1. The minimum atomic E-state index is -0.362. The van der Waals surface area contributed by atoms with E-state index in [1.807, 2.05) is 18.2 Å². The van der Waals surface area contributed by atoms with Crippen molar-refractivity contribution in [2.45, 2.75) is 12.8 Å². The Hall–Kier alpha value is -2.11. The summed E-state index contributed by atoms with van der Waals surface area (Å²) in [6, 6.07) is 8.93. The molecule has 1 aromatic carbocycles. The van der Waals surface area contributed by atoms with E-state index in [0.29, 0.717) is 17.8 Å². The fraction of sp³-hybridized carbons (Fsp3) is 0.200. The maximum Gasteiger partial charge on any atom is 0.258 e. The van der Waals surface area contributed by atoms with Crippen LogP contribution in [0.1, 0.15) is 22.3 Å². The molecule has 5 nitrogen and oxygen atoms in total. The number of carbonyl (C=O) groups is 1. The number of nitrogens with zero attached hydrogens (tertiary/aromatic N) is 1. The number of nitrogen functional groups attached to an aromatic ring is 1. The van der Waals surface area contributed by atoms with Crippen molar-refractivity contribution in [1.82, 2.24) is 4.98 Å². The molecule has 0 aliphatic carbocycles. The van der Waals surface area contributed by atoms with Gasteiger partial charge in [0.15, 0.2) is 0 Å². The fourth-order valence-electron chi connectivity index (χ4n) is 1.91. The van der Waals surface area contributed by atoms with Gasteiger partial charge >= 0.3 is 0 Å². The Labute approximate surface area is 127 Å². The van der Waals surface area contributed by atoms with Crippen molar-refractivity contribution in [1.29, 1.82) is 0 Å². The smallest absolute Gasteiger partial charge is 0.258 e. The molecule has 2 aromatic rings. The lowest BCUT2D eigenvalue weighted by Crippen LogP contribution is -2.13. The Kier molecular flexibility index (Phi) is 5.14. The third-order valence-corrected chi connectivity index (χ3v) is 3.21. The number of amides is 1.